The maximum absolute atomic E-state index is 5.97. The fraction of sp³-hybridized carbons (Fsp3) is 0.600. The van der Waals surface area contributed by atoms with Crippen LogP contribution in [-0.2, 0) is 11.3 Å². The van der Waals surface area contributed by atoms with Gasteiger partial charge in [-0.15, -0.1) is 11.3 Å². The lowest BCUT2D eigenvalue weighted by atomic mass is 10.1. The second kappa shape index (κ2) is 5.12. The SMILES string of the molecule is Clc1ccsc1CO[C@H]1CCCNC1. The third kappa shape index (κ3) is 2.70. The molecule has 78 valence electrons. The number of piperidine rings is 1. The van der Waals surface area contributed by atoms with Crippen molar-refractivity contribution in [2.45, 2.75) is 25.6 Å². The van der Waals surface area contributed by atoms with Crippen LogP contribution in [0.25, 0.3) is 0 Å². The van der Waals surface area contributed by atoms with Gasteiger partial charge in [-0.2, -0.15) is 0 Å². The van der Waals surface area contributed by atoms with E-state index < -0.39 is 0 Å². The fourth-order valence-corrected chi connectivity index (χ4v) is 2.59. The molecule has 1 aromatic heterocycles. The Bertz CT molecular complexity index is 283. The van der Waals surface area contributed by atoms with Gasteiger partial charge in [-0.1, -0.05) is 11.6 Å². The fourth-order valence-electron chi connectivity index (χ4n) is 1.58. The average Bonchev–Trinajstić information content (AvgIpc) is 2.63. The van der Waals surface area contributed by atoms with E-state index in [9.17, 15) is 0 Å². The van der Waals surface area contributed by atoms with Gasteiger partial charge in [-0.25, -0.2) is 0 Å². The highest BCUT2D eigenvalue weighted by atomic mass is 35.5. The van der Waals surface area contributed by atoms with Crippen molar-refractivity contribution in [2.24, 2.45) is 0 Å². The summed E-state index contributed by atoms with van der Waals surface area (Å²) in [5.74, 6) is 0. The number of hydrogen-bond acceptors (Lipinski definition) is 3. The van der Waals surface area contributed by atoms with Crippen LogP contribution in [0.2, 0.25) is 5.02 Å². The molecule has 0 saturated carbocycles. The minimum atomic E-state index is 0.363. The molecule has 1 atom stereocenters. The minimum absolute atomic E-state index is 0.363. The lowest BCUT2D eigenvalue weighted by molar-refractivity contribution is 0.0267. The topological polar surface area (TPSA) is 21.3 Å². The standard InChI is InChI=1S/C10H14ClNOS/c11-9-3-5-14-10(9)7-13-8-2-1-4-12-6-8/h3,5,8,12H,1-2,4,6-7H2/t8-/m0/s1. The van der Waals surface area contributed by atoms with Gasteiger partial charge in [0, 0.05) is 11.4 Å². The van der Waals surface area contributed by atoms with Crippen molar-refractivity contribution in [1.82, 2.24) is 5.32 Å². The number of rotatable bonds is 3. The Morgan fingerprint density at radius 1 is 1.64 bits per heavy atom. The second-order valence-corrected chi connectivity index (χ2v) is 4.88. The van der Waals surface area contributed by atoms with Gasteiger partial charge in [0.05, 0.1) is 17.7 Å². The Kier molecular flexibility index (Phi) is 3.81. The molecule has 1 aliphatic rings. The Labute approximate surface area is 93.2 Å². The van der Waals surface area contributed by atoms with E-state index >= 15 is 0 Å². The maximum Gasteiger partial charge on any atom is 0.0828 e. The molecule has 14 heavy (non-hydrogen) atoms. The first-order valence-electron chi connectivity index (χ1n) is 4.90. The van der Waals surface area contributed by atoms with Crippen molar-refractivity contribution in [3.63, 3.8) is 0 Å². The molecule has 2 nitrogen and oxygen atoms in total. The van der Waals surface area contributed by atoms with E-state index in [0.717, 1.165) is 29.4 Å². The van der Waals surface area contributed by atoms with E-state index in [2.05, 4.69) is 5.32 Å². The van der Waals surface area contributed by atoms with Crippen molar-refractivity contribution < 1.29 is 4.74 Å². The number of nitrogens with one attached hydrogen (secondary N) is 1. The Balaban J connectivity index is 1.79. The van der Waals surface area contributed by atoms with Crippen LogP contribution in [0.3, 0.4) is 0 Å². The van der Waals surface area contributed by atoms with Crippen LogP contribution in [-0.4, -0.2) is 19.2 Å². The highest BCUT2D eigenvalue weighted by Gasteiger charge is 2.13. The van der Waals surface area contributed by atoms with Crippen LogP contribution in [0.15, 0.2) is 11.4 Å². The summed E-state index contributed by atoms with van der Waals surface area (Å²) in [6, 6.07) is 1.92. The Morgan fingerprint density at radius 2 is 2.57 bits per heavy atom. The van der Waals surface area contributed by atoms with E-state index in [4.69, 9.17) is 16.3 Å². The normalized spacial score (nSPS) is 22.5. The van der Waals surface area contributed by atoms with Gasteiger partial charge in [-0.3, -0.25) is 0 Å². The summed E-state index contributed by atoms with van der Waals surface area (Å²) in [4.78, 5) is 1.14. The molecule has 1 aromatic rings. The van der Waals surface area contributed by atoms with E-state index in [1.165, 1.54) is 6.42 Å². The molecule has 0 unspecified atom stereocenters. The van der Waals surface area contributed by atoms with Crippen molar-refractivity contribution >= 4 is 22.9 Å². The van der Waals surface area contributed by atoms with Crippen LogP contribution in [0.5, 0.6) is 0 Å². The predicted molar refractivity (Wildman–Crippen MR) is 60.0 cm³/mol. The Morgan fingerprint density at radius 3 is 3.21 bits per heavy atom. The van der Waals surface area contributed by atoms with Gasteiger partial charge in [0.15, 0.2) is 0 Å². The molecule has 2 heterocycles. The van der Waals surface area contributed by atoms with Crippen molar-refractivity contribution in [3.8, 4) is 0 Å². The molecule has 1 N–H and O–H groups in total. The number of halogens is 1. The zero-order valence-corrected chi connectivity index (χ0v) is 9.53. The van der Waals surface area contributed by atoms with Gasteiger partial charge in [-0.05, 0) is 30.8 Å². The first kappa shape index (κ1) is 10.4. The zero-order chi connectivity index (χ0) is 9.80. The van der Waals surface area contributed by atoms with Gasteiger partial charge < -0.3 is 10.1 Å². The van der Waals surface area contributed by atoms with Crippen LogP contribution in [0, 0.1) is 0 Å². The first-order chi connectivity index (χ1) is 6.86. The smallest absolute Gasteiger partial charge is 0.0828 e. The van der Waals surface area contributed by atoms with Gasteiger partial charge >= 0.3 is 0 Å². The summed E-state index contributed by atoms with van der Waals surface area (Å²) in [5.41, 5.74) is 0. The largest absolute Gasteiger partial charge is 0.371 e. The number of thiophene rings is 1. The van der Waals surface area contributed by atoms with E-state index in [1.54, 1.807) is 11.3 Å². The van der Waals surface area contributed by atoms with Crippen LogP contribution in [0.1, 0.15) is 17.7 Å². The molecule has 0 bridgehead atoms. The molecule has 2 rings (SSSR count). The molecule has 0 aromatic carbocycles. The van der Waals surface area contributed by atoms with Crippen LogP contribution >= 0.6 is 22.9 Å². The molecule has 1 saturated heterocycles. The third-order valence-corrected chi connectivity index (χ3v) is 3.75. The average molecular weight is 232 g/mol. The zero-order valence-electron chi connectivity index (χ0n) is 7.96. The minimum Gasteiger partial charge on any atom is -0.371 e. The number of hydrogen-bond donors (Lipinski definition) is 1. The van der Waals surface area contributed by atoms with Crippen LogP contribution < -0.4 is 5.32 Å². The molecule has 4 heteroatoms. The van der Waals surface area contributed by atoms with Crippen molar-refractivity contribution in [2.75, 3.05) is 13.1 Å². The summed E-state index contributed by atoms with van der Waals surface area (Å²) in [7, 11) is 0. The van der Waals surface area contributed by atoms with E-state index in [0.29, 0.717) is 12.7 Å². The van der Waals surface area contributed by atoms with Gasteiger partial charge in [0.1, 0.15) is 0 Å². The molecule has 0 spiro atoms. The molecule has 1 fully saturated rings. The van der Waals surface area contributed by atoms with Gasteiger partial charge in [0.25, 0.3) is 0 Å². The molecule has 0 amide bonds. The van der Waals surface area contributed by atoms with Gasteiger partial charge in [0.2, 0.25) is 0 Å². The highest BCUT2D eigenvalue weighted by Crippen LogP contribution is 2.23. The van der Waals surface area contributed by atoms with E-state index in [-0.39, 0.29) is 0 Å². The lowest BCUT2D eigenvalue weighted by Crippen LogP contribution is -2.35. The molecular formula is C10H14ClNOS. The quantitative estimate of drug-likeness (QED) is 0.864. The summed E-state index contributed by atoms with van der Waals surface area (Å²) >= 11 is 7.63. The van der Waals surface area contributed by atoms with Crippen molar-refractivity contribution in [3.05, 3.63) is 21.3 Å². The summed E-state index contributed by atoms with van der Waals surface area (Å²) in [6.45, 7) is 2.76. The second-order valence-electron chi connectivity index (χ2n) is 3.47. The molecule has 0 aliphatic carbocycles. The molecule has 0 radical (unpaired) electrons. The summed E-state index contributed by atoms with van der Waals surface area (Å²) in [5, 5.41) is 6.16. The Hall–Kier alpha value is -0.0900. The van der Waals surface area contributed by atoms with Crippen LogP contribution in [0.4, 0.5) is 0 Å². The monoisotopic (exact) mass is 231 g/mol. The van der Waals surface area contributed by atoms with Crippen molar-refractivity contribution in [1.29, 1.82) is 0 Å². The number of ether oxygens (including phenoxy) is 1. The predicted octanol–water partition coefficient (Wildman–Crippen LogP) is 2.67. The lowest BCUT2D eigenvalue weighted by Gasteiger charge is -2.22. The van der Waals surface area contributed by atoms with E-state index in [1.807, 2.05) is 11.4 Å². The summed E-state index contributed by atoms with van der Waals surface area (Å²) in [6.07, 6.45) is 2.74. The first-order valence-corrected chi connectivity index (χ1v) is 6.16. The maximum atomic E-state index is 5.97. The molecule has 1 aliphatic heterocycles. The summed E-state index contributed by atoms with van der Waals surface area (Å²) < 4.78 is 5.77. The third-order valence-electron chi connectivity index (χ3n) is 2.39. The highest BCUT2D eigenvalue weighted by molar-refractivity contribution is 7.10. The molecular weight excluding hydrogens is 218 g/mol.